The summed E-state index contributed by atoms with van der Waals surface area (Å²) in [5, 5.41) is 0. The van der Waals surface area contributed by atoms with E-state index < -0.39 is 0 Å². The maximum absolute atomic E-state index is 5.51. The fourth-order valence-corrected chi connectivity index (χ4v) is 1.78. The molecular weight excluding hydrogens is 196 g/mol. The van der Waals surface area contributed by atoms with E-state index in [2.05, 4.69) is 59.7 Å². The van der Waals surface area contributed by atoms with Gasteiger partial charge in [0.2, 0.25) is 0 Å². The first-order chi connectivity index (χ1) is 7.16. The van der Waals surface area contributed by atoms with Crippen LogP contribution in [-0.2, 0) is 10.8 Å². The molecule has 0 amide bonds. The van der Waals surface area contributed by atoms with Crippen molar-refractivity contribution in [1.29, 1.82) is 0 Å². The summed E-state index contributed by atoms with van der Waals surface area (Å²) < 4.78 is 5.51. The monoisotopic (exact) mass is 220 g/mol. The molecule has 1 aromatic rings. The average molecular weight is 220 g/mol. The van der Waals surface area contributed by atoms with Crippen LogP contribution in [0.1, 0.15) is 52.7 Å². The summed E-state index contributed by atoms with van der Waals surface area (Å²) in [6.45, 7) is 13.3. The summed E-state index contributed by atoms with van der Waals surface area (Å²) in [5.41, 5.74) is 2.88. The normalized spacial score (nSPS) is 12.7. The van der Waals surface area contributed by atoms with Crippen molar-refractivity contribution < 1.29 is 4.74 Å². The van der Waals surface area contributed by atoms with Crippen LogP contribution in [0.2, 0.25) is 0 Å². The van der Waals surface area contributed by atoms with Crippen molar-refractivity contribution >= 4 is 0 Å². The minimum atomic E-state index is 0.127. The second-order valence-corrected chi connectivity index (χ2v) is 6.42. The van der Waals surface area contributed by atoms with E-state index in [-0.39, 0.29) is 10.8 Å². The zero-order valence-electron chi connectivity index (χ0n) is 11.6. The largest absolute Gasteiger partial charge is 0.496 e. The first-order valence-electron chi connectivity index (χ1n) is 5.85. The van der Waals surface area contributed by atoms with E-state index in [0.717, 1.165) is 5.75 Å². The molecule has 90 valence electrons. The zero-order valence-corrected chi connectivity index (χ0v) is 11.6. The average Bonchev–Trinajstić information content (AvgIpc) is 2.14. The van der Waals surface area contributed by atoms with Gasteiger partial charge >= 0.3 is 0 Å². The molecule has 0 atom stereocenters. The molecule has 0 radical (unpaired) electrons. The minimum absolute atomic E-state index is 0.127. The zero-order chi connectivity index (χ0) is 12.6. The predicted octanol–water partition coefficient (Wildman–Crippen LogP) is 4.29. The Balaban J connectivity index is 3.28. The lowest BCUT2D eigenvalue weighted by atomic mass is 9.81. The topological polar surface area (TPSA) is 9.23 Å². The molecule has 1 aromatic carbocycles. The lowest BCUT2D eigenvalue weighted by molar-refractivity contribution is 0.395. The van der Waals surface area contributed by atoms with Crippen LogP contribution >= 0.6 is 0 Å². The number of ether oxygens (including phenoxy) is 1. The fourth-order valence-electron chi connectivity index (χ4n) is 1.78. The Morgan fingerprint density at radius 3 is 1.81 bits per heavy atom. The molecule has 16 heavy (non-hydrogen) atoms. The summed E-state index contributed by atoms with van der Waals surface area (Å²) in [4.78, 5) is 0. The summed E-state index contributed by atoms with van der Waals surface area (Å²) in [7, 11) is 1.75. The Morgan fingerprint density at radius 1 is 0.875 bits per heavy atom. The summed E-state index contributed by atoms with van der Waals surface area (Å²) in [6, 6.07) is 6.57. The van der Waals surface area contributed by atoms with Crippen LogP contribution in [0.25, 0.3) is 0 Å². The van der Waals surface area contributed by atoms with Crippen molar-refractivity contribution in [2.24, 2.45) is 0 Å². The highest BCUT2D eigenvalue weighted by Crippen LogP contribution is 2.34. The molecule has 0 aromatic heterocycles. The van der Waals surface area contributed by atoms with Crippen LogP contribution in [0.15, 0.2) is 18.2 Å². The molecule has 0 bridgehead atoms. The van der Waals surface area contributed by atoms with Gasteiger partial charge in [0.15, 0.2) is 0 Å². The second-order valence-electron chi connectivity index (χ2n) is 6.42. The maximum Gasteiger partial charge on any atom is 0.122 e. The van der Waals surface area contributed by atoms with E-state index in [1.54, 1.807) is 7.11 Å². The highest BCUT2D eigenvalue weighted by molar-refractivity contribution is 5.43. The van der Waals surface area contributed by atoms with E-state index in [4.69, 9.17) is 4.74 Å². The van der Waals surface area contributed by atoms with Crippen molar-refractivity contribution in [3.63, 3.8) is 0 Å². The molecule has 0 aliphatic rings. The molecule has 0 spiro atoms. The fraction of sp³-hybridized carbons (Fsp3) is 0.600. The number of benzene rings is 1. The van der Waals surface area contributed by atoms with Gasteiger partial charge in [0.1, 0.15) is 5.75 Å². The van der Waals surface area contributed by atoms with Gasteiger partial charge in [-0.3, -0.25) is 0 Å². The molecule has 1 nitrogen and oxygen atoms in total. The van der Waals surface area contributed by atoms with E-state index in [1.165, 1.54) is 11.1 Å². The van der Waals surface area contributed by atoms with Gasteiger partial charge in [0, 0.05) is 0 Å². The van der Waals surface area contributed by atoms with Gasteiger partial charge in [0.05, 0.1) is 7.11 Å². The second kappa shape index (κ2) is 4.12. The standard InChI is InChI=1S/C15H24O/c1-14(2,3)11-8-9-12(15(4,5)6)13(10-11)16-7/h8-10H,1-7H3. The van der Waals surface area contributed by atoms with Gasteiger partial charge in [-0.1, -0.05) is 53.7 Å². The molecule has 0 saturated heterocycles. The van der Waals surface area contributed by atoms with E-state index in [1.807, 2.05) is 0 Å². The first-order valence-corrected chi connectivity index (χ1v) is 5.85. The Labute approximate surface area is 99.8 Å². The van der Waals surface area contributed by atoms with Gasteiger partial charge in [-0.05, 0) is 28.0 Å². The lowest BCUT2D eigenvalue weighted by Gasteiger charge is -2.25. The maximum atomic E-state index is 5.51. The third kappa shape index (κ3) is 2.78. The molecule has 1 heteroatoms. The Hall–Kier alpha value is -0.980. The minimum Gasteiger partial charge on any atom is -0.496 e. The number of hydrogen-bond donors (Lipinski definition) is 0. The molecule has 0 heterocycles. The highest BCUT2D eigenvalue weighted by Gasteiger charge is 2.21. The van der Waals surface area contributed by atoms with Gasteiger partial charge in [-0.15, -0.1) is 0 Å². The predicted molar refractivity (Wildman–Crippen MR) is 70.4 cm³/mol. The van der Waals surface area contributed by atoms with E-state index >= 15 is 0 Å². The van der Waals surface area contributed by atoms with Crippen LogP contribution in [-0.4, -0.2) is 7.11 Å². The van der Waals surface area contributed by atoms with Crippen LogP contribution < -0.4 is 4.74 Å². The van der Waals surface area contributed by atoms with Crippen molar-refractivity contribution in [2.75, 3.05) is 7.11 Å². The van der Waals surface area contributed by atoms with Crippen molar-refractivity contribution in [3.05, 3.63) is 29.3 Å². The molecule has 0 fully saturated rings. The van der Waals surface area contributed by atoms with Crippen molar-refractivity contribution in [2.45, 2.75) is 52.4 Å². The molecule has 0 aliphatic heterocycles. The molecule has 1 rings (SSSR count). The Kier molecular flexibility index (Phi) is 3.37. The number of methoxy groups -OCH3 is 1. The first kappa shape index (κ1) is 13.1. The summed E-state index contributed by atoms with van der Waals surface area (Å²) >= 11 is 0. The third-order valence-corrected chi connectivity index (χ3v) is 2.88. The van der Waals surface area contributed by atoms with Gasteiger partial charge in [0.25, 0.3) is 0 Å². The molecule has 0 saturated carbocycles. The van der Waals surface area contributed by atoms with Crippen LogP contribution in [0.4, 0.5) is 0 Å². The van der Waals surface area contributed by atoms with E-state index in [0.29, 0.717) is 0 Å². The van der Waals surface area contributed by atoms with Crippen LogP contribution in [0.5, 0.6) is 5.75 Å². The number of hydrogen-bond acceptors (Lipinski definition) is 1. The van der Waals surface area contributed by atoms with Crippen LogP contribution in [0.3, 0.4) is 0 Å². The summed E-state index contributed by atoms with van der Waals surface area (Å²) in [5.74, 6) is 1.000. The molecule has 0 unspecified atom stereocenters. The summed E-state index contributed by atoms with van der Waals surface area (Å²) in [6.07, 6.45) is 0. The molecule has 0 N–H and O–H groups in total. The Morgan fingerprint density at radius 2 is 1.44 bits per heavy atom. The van der Waals surface area contributed by atoms with Crippen LogP contribution in [0, 0.1) is 0 Å². The SMILES string of the molecule is COc1cc(C(C)(C)C)ccc1C(C)(C)C. The van der Waals surface area contributed by atoms with E-state index in [9.17, 15) is 0 Å². The lowest BCUT2D eigenvalue weighted by Crippen LogP contribution is -2.16. The highest BCUT2D eigenvalue weighted by atomic mass is 16.5. The molecular formula is C15H24O. The van der Waals surface area contributed by atoms with Crippen molar-refractivity contribution in [3.8, 4) is 5.75 Å². The molecule has 0 aliphatic carbocycles. The van der Waals surface area contributed by atoms with Gasteiger partial charge in [-0.25, -0.2) is 0 Å². The Bertz CT molecular complexity index is 364. The number of rotatable bonds is 1. The smallest absolute Gasteiger partial charge is 0.122 e. The third-order valence-electron chi connectivity index (χ3n) is 2.88. The van der Waals surface area contributed by atoms with Gasteiger partial charge in [-0.2, -0.15) is 0 Å². The van der Waals surface area contributed by atoms with Crippen molar-refractivity contribution in [1.82, 2.24) is 0 Å². The van der Waals surface area contributed by atoms with Gasteiger partial charge < -0.3 is 4.74 Å². The quantitative estimate of drug-likeness (QED) is 0.686.